The largest absolute Gasteiger partial charge is 0.325 e. The van der Waals surface area contributed by atoms with E-state index in [9.17, 15) is 18.4 Å². The van der Waals surface area contributed by atoms with Crippen LogP contribution in [-0.4, -0.2) is 48.9 Å². The van der Waals surface area contributed by atoms with Gasteiger partial charge < -0.3 is 5.32 Å². The SMILES string of the molecule is CN(C)S(C)(=O)(O)c1ccc(NC(=O)Cn2cnc3ccccc3c2=O)cc1. The van der Waals surface area contributed by atoms with Gasteiger partial charge in [-0.15, -0.1) is 9.53 Å². The van der Waals surface area contributed by atoms with E-state index in [-0.39, 0.29) is 17.0 Å². The predicted molar refractivity (Wildman–Crippen MR) is 110 cm³/mol. The Balaban J connectivity index is 1.77. The van der Waals surface area contributed by atoms with Crippen molar-refractivity contribution in [3.8, 4) is 0 Å². The maximum atomic E-state index is 12.8. The van der Waals surface area contributed by atoms with E-state index in [1.165, 1.54) is 47.7 Å². The third-order valence-electron chi connectivity index (χ3n) is 4.59. The van der Waals surface area contributed by atoms with Crippen molar-refractivity contribution in [2.24, 2.45) is 0 Å². The van der Waals surface area contributed by atoms with Gasteiger partial charge in [0.05, 0.1) is 22.1 Å². The maximum Gasteiger partial charge on any atom is 0.261 e. The Kier molecular flexibility index (Phi) is 4.92. The van der Waals surface area contributed by atoms with E-state index >= 15 is 0 Å². The number of aromatic nitrogens is 2. The second-order valence-corrected chi connectivity index (χ2v) is 10.5. The number of rotatable bonds is 5. The summed E-state index contributed by atoms with van der Waals surface area (Å²) in [5.74, 6) is -0.405. The van der Waals surface area contributed by atoms with Gasteiger partial charge in [-0.05, 0) is 36.4 Å². The van der Waals surface area contributed by atoms with E-state index in [1.807, 2.05) is 0 Å². The molecule has 9 heteroatoms. The molecule has 0 fully saturated rings. The van der Waals surface area contributed by atoms with Gasteiger partial charge >= 0.3 is 0 Å². The Labute approximate surface area is 162 Å². The number of fused-ring (bicyclic) bond motifs is 1. The minimum Gasteiger partial charge on any atom is -0.325 e. The molecule has 1 aromatic heterocycles. The number of nitrogens with zero attached hydrogens (tertiary/aromatic N) is 3. The number of nitrogens with one attached hydrogen (secondary N) is 1. The zero-order chi connectivity index (χ0) is 20.6. The normalized spacial score (nSPS) is 13.2. The van der Waals surface area contributed by atoms with Crippen molar-refractivity contribution in [1.29, 1.82) is 0 Å². The van der Waals surface area contributed by atoms with Gasteiger partial charge in [-0.2, -0.15) is 4.21 Å². The van der Waals surface area contributed by atoms with E-state index in [2.05, 4.69) is 10.3 Å². The fourth-order valence-corrected chi connectivity index (χ4v) is 3.82. The van der Waals surface area contributed by atoms with Crippen molar-refractivity contribution in [1.82, 2.24) is 13.9 Å². The molecule has 3 aromatic rings. The third kappa shape index (κ3) is 3.72. The van der Waals surface area contributed by atoms with Gasteiger partial charge in [0.2, 0.25) is 5.91 Å². The first-order chi connectivity index (χ1) is 13.1. The molecular weight excluding hydrogens is 380 g/mol. The molecule has 1 amide bonds. The standard InChI is InChI=1S/C19H22N4O4S/c1-22(2)28(3,26,27)15-10-8-14(9-11-15)21-18(24)12-23-13-20-17-7-5-4-6-16(17)19(23)25/h4-11,13H,12H2,1-3H3,(H,21,24)(H,26,27). The average molecular weight is 402 g/mol. The summed E-state index contributed by atoms with van der Waals surface area (Å²) < 4.78 is 25.7. The zero-order valence-corrected chi connectivity index (χ0v) is 16.6. The number of carbonyl (C=O) groups is 1. The Morgan fingerprint density at radius 1 is 1.18 bits per heavy atom. The van der Waals surface area contributed by atoms with Crippen LogP contribution in [0.2, 0.25) is 0 Å². The molecule has 8 nitrogen and oxygen atoms in total. The molecule has 0 aliphatic heterocycles. The van der Waals surface area contributed by atoms with Crippen LogP contribution in [0.1, 0.15) is 0 Å². The first-order valence-corrected chi connectivity index (χ1v) is 10.8. The number of hydrogen-bond acceptors (Lipinski definition) is 4. The van der Waals surface area contributed by atoms with Crippen LogP contribution < -0.4 is 10.9 Å². The summed E-state index contributed by atoms with van der Waals surface area (Å²) in [5, 5.41) is 3.12. The van der Waals surface area contributed by atoms with Crippen LogP contribution in [-0.2, 0) is 20.9 Å². The second-order valence-electron chi connectivity index (χ2n) is 6.81. The van der Waals surface area contributed by atoms with Crippen molar-refractivity contribution in [2.75, 3.05) is 25.7 Å². The number of hydrogen-bond donors (Lipinski definition) is 2. The number of anilines is 1. The van der Waals surface area contributed by atoms with E-state index < -0.39 is 15.4 Å². The van der Waals surface area contributed by atoms with Gasteiger partial charge in [0.1, 0.15) is 6.54 Å². The maximum absolute atomic E-state index is 12.8. The van der Waals surface area contributed by atoms with E-state index in [0.29, 0.717) is 16.6 Å². The van der Waals surface area contributed by atoms with E-state index in [1.54, 1.807) is 36.4 Å². The zero-order valence-electron chi connectivity index (χ0n) is 15.8. The summed E-state index contributed by atoms with van der Waals surface area (Å²) >= 11 is 0. The first-order valence-electron chi connectivity index (χ1n) is 8.48. The minimum absolute atomic E-state index is 0.191. The van der Waals surface area contributed by atoms with E-state index in [0.717, 1.165) is 0 Å². The molecule has 0 aliphatic rings. The summed E-state index contributed by atoms with van der Waals surface area (Å²) in [6.45, 7) is -0.191. The van der Waals surface area contributed by atoms with Gasteiger partial charge in [0.25, 0.3) is 5.56 Å². The van der Waals surface area contributed by atoms with Gasteiger partial charge in [-0.3, -0.25) is 18.7 Å². The summed E-state index contributed by atoms with van der Waals surface area (Å²) in [6, 6.07) is 13.0. The third-order valence-corrected chi connectivity index (χ3v) is 7.66. The van der Waals surface area contributed by atoms with Crippen molar-refractivity contribution in [2.45, 2.75) is 11.4 Å². The Bertz CT molecular complexity index is 1160. The lowest BCUT2D eigenvalue weighted by molar-refractivity contribution is -0.116. The first kappa shape index (κ1) is 19.9. The summed E-state index contributed by atoms with van der Waals surface area (Å²) in [6.07, 6.45) is 2.61. The Morgan fingerprint density at radius 2 is 1.82 bits per heavy atom. The lowest BCUT2D eigenvalue weighted by Crippen LogP contribution is -2.44. The van der Waals surface area contributed by atoms with Crippen LogP contribution in [0.4, 0.5) is 5.69 Å². The van der Waals surface area contributed by atoms with Crippen LogP contribution >= 0.6 is 0 Å². The molecule has 0 aliphatic carbocycles. The van der Waals surface area contributed by atoms with Gasteiger partial charge in [-0.25, -0.2) is 9.29 Å². The quantitative estimate of drug-likeness (QED) is 0.677. The van der Waals surface area contributed by atoms with Crippen molar-refractivity contribution < 1.29 is 13.6 Å². The number of para-hydroxylation sites is 1. The monoisotopic (exact) mass is 402 g/mol. The second kappa shape index (κ2) is 6.93. The molecule has 0 atom stereocenters. The Hall–Kier alpha value is -2.88. The van der Waals surface area contributed by atoms with Crippen molar-refractivity contribution in [3.05, 3.63) is 65.2 Å². The molecule has 148 valence electrons. The highest BCUT2D eigenvalue weighted by molar-refractivity contribution is 8.12. The number of amides is 1. The molecule has 0 radical (unpaired) electrons. The molecule has 0 bridgehead atoms. The lowest BCUT2D eigenvalue weighted by atomic mass is 10.2. The highest BCUT2D eigenvalue weighted by Crippen LogP contribution is 2.31. The fourth-order valence-electron chi connectivity index (χ4n) is 2.64. The number of carbonyl (C=O) groups excluding carboxylic acids is 1. The summed E-state index contributed by atoms with van der Waals surface area (Å²) in [7, 11) is -1.05. The van der Waals surface area contributed by atoms with Crippen LogP contribution in [0.25, 0.3) is 10.9 Å². The van der Waals surface area contributed by atoms with Crippen LogP contribution in [0.5, 0.6) is 0 Å². The molecule has 2 N–H and O–H groups in total. The van der Waals surface area contributed by atoms with Crippen LogP contribution in [0.15, 0.2) is 64.5 Å². The molecule has 3 rings (SSSR count). The summed E-state index contributed by atoms with van der Waals surface area (Å²) in [5.41, 5.74) is 0.732. The summed E-state index contributed by atoms with van der Waals surface area (Å²) in [4.78, 5) is 29.2. The predicted octanol–water partition coefficient (Wildman–Crippen LogP) is 1.79. The van der Waals surface area contributed by atoms with Gasteiger partial charge in [-0.1, -0.05) is 12.1 Å². The molecule has 28 heavy (non-hydrogen) atoms. The highest BCUT2D eigenvalue weighted by Gasteiger charge is 2.26. The topological polar surface area (TPSA) is 105 Å². The molecule has 0 saturated heterocycles. The van der Waals surface area contributed by atoms with Crippen LogP contribution in [0.3, 0.4) is 0 Å². The fraction of sp³-hybridized carbons (Fsp3) is 0.211. The molecule has 0 spiro atoms. The molecule has 1 heterocycles. The van der Waals surface area contributed by atoms with Crippen LogP contribution in [0, 0.1) is 0 Å². The molecule has 2 aromatic carbocycles. The highest BCUT2D eigenvalue weighted by atomic mass is 32.3. The minimum atomic E-state index is -4.11. The smallest absolute Gasteiger partial charge is 0.261 e. The molecule has 0 unspecified atom stereocenters. The molecule has 0 saturated carbocycles. The van der Waals surface area contributed by atoms with Crippen molar-refractivity contribution in [3.63, 3.8) is 0 Å². The van der Waals surface area contributed by atoms with Gasteiger partial charge in [0, 0.05) is 26.0 Å². The lowest BCUT2D eigenvalue weighted by Gasteiger charge is -2.45. The van der Waals surface area contributed by atoms with Crippen molar-refractivity contribution >= 4 is 32.0 Å². The molecular formula is C19H22N4O4S. The van der Waals surface area contributed by atoms with Gasteiger partial charge in [0.15, 0.2) is 0 Å². The number of benzene rings is 2. The Morgan fingerprint density at radius 3 is 2.46 bits per heavy atom. The van der Waals surface area contributed by atoms with E-state index in [4.69, 9.17) is 0 Å². The average Bonchev–Trinajstić information content (AvgIpc) is 2.64.